The van der Waals surface area contributed by atoms with E-state index in [9.17, 15) is 37.1 Å². The molecule has 2 aromatic heterocycles. The molecule has 4 saturated heterocycles. The second kappa shape index (κ2) is 17.8. The summed E-state index contributed by atoms with van der Waals surface area (Å²) < 4.78 is 39.7. The minimum absolute atomic E-state index is 0.0465. The molecule has 5 amide bonds. The van der Waals surface area contributed by atoms with Gasteiger partial charge in [0.2, 0.25) is 17.7 Å². The number of likely N-dealkylation sites (tertiary alicyclic amines) is 2. The summed E-state index contributed by atoms with van der Waals surface area (Å²) in [5, 5.41) is 15.1. The number of hydrogen-bond donors (Lipinski definition) is 3. The van der Waals surface area contributed by atoms with Gasteiger partial charge < -0.3 is 25.4 Å². The summed E-state index contributed by atoms with van der Waals surface area (Å²) in [5.41, 5.74) is 10.2. The Morgan fingerprint density at radius 2 is 1.51 bits per heavy atom. The fourth-order valence-electron chi connectivity index (χ4n) is 9.51. The van der Waals surface area contributed by atoms with Gasteiger partial charge >= 0.3 is 12.1 Å². The number of rotatable bonds is 8. The van der Waals surface area contributed by atoms with Crippen LogP contribution in [0.15, 0.2) is 79.1 Å². The summed E-state index contributed by atoms with van der Waals surface area (Å²) in [7, 11) is 0. The maximum Gasteiger partial charge on any atom is 0.490 e. The second-order valence-electron chi connectivity index (χ2n) is 17.4. The molecule has 0 saturated carbocycles. The number of fused-ring (bicyclic) bond motifs is 2. The molecule has 5 aliphatic rings. The van der Waals surface area contributed by atoms with Gasteiger partial charge in [-0.15, -0.1) is 0 Å². The highest BCUT2D eigenvalue weighted by Gasteiger charge is 2.48. The standard InChI is InChI=1S/C44H44N10O6.C2HF3O2/c45-39-37-38(27-6-9-31(10-7-27)60-30-4-2-1-3-5-30)49-54(40(37)47-26-46-39)28-14-18-51(19-15-28)36(56)23-50-20-16-44(17-21-50)24-52(25-44)29-8-11-32-33(22-29)43(59)53(42(32)58)34-12-13-35(55)48-41(34)57;3-2(4,5)1(6)7/h1-11,22,26,28,34H,12-21,23-25H2,(H2,45,46,47)(H,48,55,57);(H,6,7). The number of amides is 5. The molecule has 1 unspecified atom stereocenters. The lowest BCUT2D eigenvalue weighted by molar-refractivity contribution is -0.192. The molecule has 0 aliphatic carbocycles. The number of nitrogen functional groups attached to an aromatic ring is 1. The average Bonchev–Trinajstić information content (AvgIpc) is 3.81. The van der Waals surface area contributed by atoms with E-state index in [2.05, 4.69) is 25.1 Å². The monoisotopic (exact) mass is 922 g/mol. The van der Waals surface area contributed by atoms with E-state index in [-0.39, 0.29) is 35.8 Å². The number of alkyl halides is 3. The van der Waals surface area contributed by atoms with Crippen LogP contribution in [-0.4, -0.2) is 133 Å². The number of carboxylic acid groups (broad SMARTS) is 1. The summed E-state index contributed by atoms with van der Waals surface area (Å²) in [6.45, 7) is 4.95. The van der Waals surface area contributed by atoms with Crippen LogP contribution >= 0.6 is 0 Å². The Morgan fingerprint density at radius 3 is 2.16 bits per heavy atom. The maximum absolute atomic E-state index is 13.6. The molecule has 3 aromatic carbocycles. The molecule has 0 bridgehead atoms. The Morgan fingerprint density at radius 1 is 0.851 bits per heavy atom. The Bertz CT molecular complexity index is 2760. The van der Waals surface area contributed by atoms with Crippen molar-refractivity contribution in [3.8, 4) is 22.8 Å². The number of piperidine rings is 3. The van der Waals surface area contributed by atoms with E-state index >= 15 is 0 Å². The molecule has 4 N–H and O–H groups in total. The molecule has 67 heavy (non-hydrogen) atoms. The SMILES string of the molecule is Nc1ncnc2c1c(-c1ccc(Oc3ccccc3)cc1)nn2C1CCN(C(=O)CN2CCC3(CC2)CN(c2ccc4c(c2)C(=O)N(C2CCC(=O)NC2=O)C4=O)C3)CC1.O=C(O)C(F)(F)F. The van der Waals surface area contributed by atoms with Gasteiger partial charge in [0.1, 0.15) is 35.4 Å². The van der Waals surface area contributed by atoms with Crippen molar-refractivity contribution < 1.29 is 51.8 Å². The number of nitrogens with one attached hydrogen (secondary N) is 1. The van der Waals surface area contributed by atoms with Crippen molar-refractivity contribution in [3.05, 3.63) is 90.3 Å². The van der Waals surface area contributed by atoms with E-state index < -0.39 is 41.8 Å². The van der Waals surface area contributed by atoms with Crippen molar-refractivity contribution in [2.24, 2.45) is 5.41 Å². The van der Waals surface area contributed by atoms with Gasteiger partial charge in [-0.05, 0) is 99.8 Å². The van der Waals surface area contributed by atoms with Gasteiger partial charge in [0, 0.05) is 49.3 Å². The number of imide groups is 2. The fraction of sp³-hybridized carbons (Fsp3) is 0.370. The number of para-hydroxylation sites is 1. The molecular weight excluding hydrogens is 878 g/mol. The minimum atomic E-state index is -5.08. The molecule has 4 fully saturated rings. The van der Waals surface area contributed by atoms with Crippen molar-refractivity contribution in [2.75, 3.05) is 56.4 Å². The number of hydrogen-bond acceptors (Lipinski definition) is 13. The lowest BCUT2D eigenvalue weighted by Crippen LogP contribution is -2.61. The Kier molecular flexibility index (Phi) is 11.9. The fourth-order valence-corrected chi connectivity index (χ4v) is 9.51. The zero-order valence-corrected chi connectivity index (χ0v) is 35.9. The van der Waals surface area contributed by atoms with Crippen LogP contribution in [0.5, 0.6) is 11.5 Å². The van der Waals surface area contributed by atoms with Crippen molar-refractivity contribution in [2.45, 2.75) is 56.8 Å². The van der Waals surface area contributed by atoms with Crippen LogP contribution in [0.3, 0.4) is 0 Å². The largest absolute Gasteiger partial charge is 0.490 e. The number of carboxylic acids is 1. The zero-order chi connectivity index (χ0) is 47.2. The van der Waals surface area contributed by atoms with Crippen molar-refractivity contribution in [3.63, 3.8) is 0 Å². The first kappa shape index (κ1) is 44.8. The number of nitrogens with two attached hydrogens (primary N) is 1. The first-order chi connectivity index (χ1) is 32.1. The van der Waals surface area contributed by atoms with Crippen LogP contribution < -0.4 is 20.7 Å². The molecule has 10 rings (SSSR count). The molecule has 5 aromatic rings. The summed E-state index contributed by atoms with van der Waals surface area (Å²) in [5.74, 6) is -2.80. The third-order valence-electron chi connectivity index (χ3n) is 13.1. The van der Waals surface area contributed by atoms with Crippen LogP contribution in [0.4, 0.5) is 24.7 Å². The molecule has 5 aliphatic heterocycles. The van der Waals surface area contributed by atoms with Gasteiger partial charge in [-0.3, -0.25) is 39.1 Å². The number of carbonyl (C=O) groups excluding carboxylic acids is 5. The van der Waals surface area contributed by atoms with E-state index in [0.717, 1.165) is 73.8 Å². The topological polar surface area (TPSA) is 226 Å². The smallest absolute Gasteiger partial charge is 0.475 e. The summed E-state index contributed by atoms with van der Waals surface area (Å²) in [4.78, 5) is 89.4. The van der Waals surface area contributed by atoms with E-state index in [0.29, 0.717) is 53.5 Å². The van der Waals surface area contributed by atoms with Gasteiger partial charge in [-0.25, -0.2) is 19.4 Å². The van der Waals surface area contributed by atoms with Crippen LogP contribution in [0.25, 0.3) is 22.3 Å². The predicted molar refractivity (Wildman–Crippen MR) is 234 cm³/mol. The summed E-state index contributed by atoms with van der Waals surface area (Å²) >= 11 is 0. The molecule has 348 valence electrons. The maximum atomic E-state index is 13.6. The Balaban J connectivity index is 0.000000747. The molecule has 1 spiro atoms. The third kappa shape index (κ3) is 8.97. The van der Waals surface area contributed by atoms with Crippen LogP contribution in [0.2, 0.25) is 0 Å². The number of carbonyl (C=O) groups is 6. The van der Waals surface area contributed by atoms with Gasteiger partial charge in [0.15, 0.2) is 5.65 Å². The predicted octanol–water partition coefficient (Wildman–Crippen LogP) is 4.67. The van der Waals surface area contributed by atoms with E-state index in [1.54, 1.807) is 12.1 Å². The van der Waals surface area contributed by atoms with Crippen molar-refractivity contribution in [1.29, 1.82) is 0 Å². The summed E-state index contributed by atoms with van der Waals surface area (Å²) in [6.07, 6.45) is 0.00774. The van der Waals surface area contributed by atoms with Crippen molar-refractivity contribution >= 4 is 58.0 Å². The normalized spacial score (nSPS) is 19.7. The van der Waals surface area contributed by atoms with E-state index in [4.69, 9.17) is 25.5 Å². The number of halogens is 3. The quantitative estimate of drug-likeness (QED) is 0.180. The summed E-state index contributed by atoms with van der Waals surface area (Å²) in [6, 6.07) is 21.7. The molecule has 0 radical (unpaired) electrons. The van der Waals surface area contributed by atoms with Gasteiger partial charge in [-0.2, -0.15) is 18.3 Å². The van der Waals surface area contributed by atoms with Crippen LogP contribution in [0, 0.1) is 5.41 Å². The van der Waals surface area contributed by atoms with Crippen molar-refractivity contribution in [1.82, 2.24) is 39.8 Å². The second-order valence-corrected chi connectivity index (χ2v) is 17.4. The molecule has 7 heterocycles. The van der Waals surface area contributed by atoms with Gasteiger partial charge in [0.25, 0.3) is 11.8 Å². The van der Waals surface area contributed by atoms with E-state index in [1.165, 1.54) is 6.33 Å². The number of benzene rings is 3. The first-order valence-corrected chi connectivity index (χ1v) is 21.8. The molecule has 18 nitrogen and oxygen atoms in total. The van der Waals surface area contributed by atoms with Gasteiger partial charge in [-0.1, -0.05) is 18.2 Å². The molecular formula is C46H45F3N10O8. The highest BCUT2D eigenvalue weighted by molar-refractivity contribution is 6.23. The third-order valence-corrected chi connectivity index (χ3v) is 13.1. The Labute approximate surface area is 380 Å². The molecule has 1 atom stereocenters. The van der Waals surface area contributed by atoms with Gasteiger partial charge in [0.05, 0.1) is 29.1 Å². The van der Waals surface area contributed by atoms with E-state index in [1.807, 2.05) is 70.2 Å². The number of aliphatic carboxylic acids is 1. The highest BCUT2D eigenvalue weighted by atomic mass is 19.4. The number of anilines is 2. The Hall–Kier alpha value is -7.42. The highest BCUT2D eigenvalue weighted by Crippen LogP contribution is 2.44. The molecule has 21 heteroatoms. The lowest BCUT2D eigenvalue weighted by Gasteiger charge is -2.55. The number of aromatic nitrogens is 4. The number of nitrogens with zero attached hydrogens (tertiary/aromatic N) is 8. The number of ether oxygens (including phenoxy) is 1. The van der Waals surface area contributed by atoms with Crippen LogP contribution in [-0.2, 0) is 19.2 Å². The zero-order valence-electron chi connectivity index (χ0n) is 35.9. The lowest BCUT2D eigenvalue weighted by atomic mass is 9.71. The van der Waals surface area contributed by atoms with Crippen LogP contribution in [0.1, 0.15) is 65.3 Å². The average molecular weight is 923 g/mol. The minimum Gasteiger partial charge on any atom is -0.475 e. The first-order valence-electron chi connectivity index (χ1n) is 21.8.